The zero-order chi connectivity index (χ0) is 30.7. The summed E-state index contributed by atoms with van der Waals surface area (Å²) in [6.45, 7) is 6.34. The van der Waals surface area contributed by atoms with Gasteiger partial charge in [0.15, 0.2) is 0 Å². The Kier molecular flexibility index (Phi) is 8.92. The van der Waals surface area contributed by atoms with Gasteiger partial charge in [0.1, 0.15) is 11.6 Å². The number of hydrogen-bond acceptors (Lipinski definition) is 3. The number of anilines is 1. The van der Waals surface area contributed by atoms with Gasteiger partial charge in [0, 0.05) is 23.2 Å². The molecule has 222 valence electrons. The topological polar surface area (TPSA) is 42.4 Å². The minimum absolute atomic E-state index is 0.0819. The molecular weight excluding hydrogens is 573 g/mol. The number of ether oxygens (including phenoxy) is 1. The smallest absolute Gasteiger partial charge is 0.416 e. The van der Waals surface area contributed by atoms with Crippen molar-refractivity contribution in [1.82, 2.24) is 4.98 Å². The predicted octanol–water partition coefficient (Wildman–Crippen LogP) is 9.08. The number of aryl methyl sites for hydroxylation is 3. The normalized spacial score (nSPS) is 12.8. The number of hydrogen-bond donors (Lipinski definition) is 0. The Balaban J connectivity index is 1.41. The second-order valence-electron chi connectivity index (χ2n) is 10.9. The number of aromatic nitrogens is 1. The maximum absolute atomic E-state index is 14.3. The second-order valence-corrected chi connectivity index (χ2v) is 11.3. The van der Waals surface area contributed by atoms with Crippen LogP contribution in [0, 0.1) is 20.8 Å². The Morgan fingerprint density at radius 2 is 1.67 bits per heavy atom. The highest BCUT2D eigenvalue weighted by Crippen LogP contribution is 2.38. The monoisotopic (exact) mass is 604 g/mol. The fraction of sp³-hybridized carbons (Fsp3) is 0.257. The van der Waals surface area contributed by atoms with E-state index < -0.39 is 11.7 Å². The van der Waals surface area contributed by atoms with Gasteiger partial charge in [-0.3, -0.25) is 9.69 Å². The summed E-state index contributed by atoms with van der Waals surface area (Å²) in [6.07, 6.45) is -0.979. The molecule has 0 aliphatic heterocycles. The van der Waals surface area contributed by atoms with E-state index in [2.05, 4.69) is 4.98 Å². The Hall–Kier alpha value is -4.10. The molecule has 0 spiro atoms. The number of allylic oxidation sites excluding steroid dienone is 1. The van der Waals surface area contributed by atoms with Crippen molar-refractivity contribution in [2.75, 3.05) is 11.5 Å². The highest BCUT2D eigenvalue weighted by atomic mass is 35.5. The van der Waals surface area contributed by atoms with Crippen LogP contribution in [-0.2, 0) is 23.9 Å². The first-order valence-electron chi connectivity index (χ1n) is 14.1. The lowest BCUT2D eigenvalue weighted by molar-refractivity contribution is -0.137. The van der Waals surface area contributed by atoms with Gasteiger partial charge in [-0.1, -0.05) is 54.1 Å². The Morgan fingerprint density at radius 1 is 0.977 bits per heavy atom. The Labute approximate surface area is 254 Å². The maximum Gasteiger partial charge on any atom is 0.416 e. The number of carbonyl (C=O) groups is 1. The molecule has 8 heteroatoms. The number of fused-ring (bicyclic) bond motifs is 1. The number of rotatable bonds is 9. The molecule has 1 heterocycles. The van der Waals surface area contributed by atoms with Gasteiger partial charge in [-0.25, -0.2) is 4.98 Å². The largest absolute Gasteiger partial charge is 0.494 e. The molecule has 1 amide bonds. The van der Waals surface area contributed by atoms with Crippen LogP contribution in [-0.4, -0.2) is 17.5 Å². The van der Waals surface area contributed by atoms with Gasteiger partial charge in [-0.05, 0) is 103 Å². The van der Waals surface area contributed by atoms with Crippen molar-refractivity contribution in [1.29, 1.82) is 0 Å². The zero-order valence-corrected chi connectivity index (χ0v) is 25.0. The van der Waals surface area contributed by atoms with E-state index in [1.807, 2.05) is 63.2 Å². The van der Waals surface area contributed by atoms with Crippen molar-refractivity contribution in [3.63, 3.8) is 0 Å². The van der Waals surface area contributed by atoms with Crippen molar-refractivity contribution in [2.24, 2.45) is 0 Å². The van der Waals surface area contributed by atoms with E-state index in [0.717, 1.165) is 56.3 Å². The molecule has 0 radical (unpaired) electrons. The van der Waals surface area contributed by atoms with Crippen LogP contribution in [0.4, 0.5) is 19.0 Å². The number of pyridine rings is 1. The molecule has 0 saturated carbocycles. The molecule has 5 rings (SSSR count). The molecule has 4 aromatic rings. The molecule has 0 saturated heterocycles. The van der Waals surface area contributed by atoms with Crippen LogP contribution in [0.25, 0.3) is 5.57 Å². The fourth-order valence-electron chi connectivity index (χ4n) is 5.37. The first kappa shape index (κ1) is 30.4. The molecule has 0 N–H and O–H groups in total. The van der Waals surface area contributed by atoms with Crippen LogP contribution in [0.2, 0.25) is 5.02 Å². The summed E-state index contributed by atoms with van der Waals surface area (Å²) in [6, 6.07) is 20.3. The van der Waals surface area contributed by atoms with Gasteiger partial charge in [-0.15, -0.1) is 0 Å². The molecule has 1 aromatic heterocycles. The van der Waals surface area contributed by atoms with E-state index in [9.17, 15) is 18.0 Å². The molecule has 0 bridgehead atoms. The number of benzene rings is 3. The van der Waals surface area contributed by atoms with E-state index >= 15 is 0 Å². The second kappa shape index (κ2) is 12.6. The third kappa shape index (κ3) is 6.94. The van der Waals surface area contributed by atoms with Crippen LogP contribution in [0.15, 0.2) is 84.6 Å². The van der Waals surface area contributed by atoms with Gasteiger partial charge in [0.05, 0.1) is 18.7 Å². The summed E-state index contributed by atoms with van der Waals surface area (Å²) in [7, 11) is 0. The van der Waals surface area contributed by atoms with Crippen LogP contribution in [0.3, 0.4) is 0 Å². The molecule has 0 unspecified atom stereocenters. The van der Waals surface area contributed by atoms with Gasteiger partial charge < -0.3 is 4.74 Å². The highest BCUT2D eigenvalue weighted by molar-refractivity contribution is 6.32. The number of alkyl halides is 3. The molecule has 0 atom stereocenters. The minimum atomic E-state index is -4.43. The van der Waals surface area contributed by atoms with Gasteiger partial charge >= 0.3 is 6.18 Å². The van der Waals surface area contributed by atoms with Gasteiger partial charge in [0.25, 0.3) is 5.91 Å². The van der Waals surface area contributed by atoms with Gasteiger partial charge in [0.2, 0.25) is 0 Å². The lowest BCUT2D eigenvalue weighted by Crippen LogP contribution is -2.33. The van der Waals surface area contributed by atoms with E-state index in [1.165, 1.54) is 12.1 Å². The summed E-state index contributed by atoms with van der Waals surface area (Å²) in [5.41, 5.74) is 6.40. The SMILES string of the molecule is Cc1ccc(N(Cc2ccc(C(F)(F)F)cc2)C(=O)C2=C(CCCOc3cc(C)c(Cl)c(C)c3)c3ccccc3C2)nc1. The number of amides is 1. The number of halogens is 4. The third-order valence-corrected chi connectivity index (χ3v) is 8.22. The minimum Gasteiger partial charge on any atom is -0.494 e. The molecule has 1 aliphatic carbocycles. The maximum atomic E-state index is 14.3. The summed E-state index contributed by atoms with van der Waals surface area (Å²) < 4.78 is 45.6. The summed E-state index contributed by atoms with van der Waals surface area (Å²) >= 11 is 6.30. The van der Waals surface area contributed by atoms with E-state index in [0.29, 0.717) is 42.8 Å². The lowest BCUT2D eigenvalue weighted by atomic mass is 10.00. The van der Waals surface area contributed by atoms with Crippen LogP contribution < -0.4 is 9.64 Å². The number of carbonyl (C=O) groups excluding carboxylic acids is 1. The fourth-order valence-corrected chi connectivity index (χ4v) is 5.48. The molecule has 1 aliphatic rings. The average Bonchev–Trinajstić information content (AvgIpc) is 3.35. The Bertz CT molecular complexity index is 1640. The Morgan fingerprint density at radius 3 is 2.33 bits per heavy atom. The first-order valence-corrected chi connectivity index (χ1v) is 14.5. The molecule has 3 aromatic carbocycles. The molecular formula is C35H32ClF3N2O2. The average molecular weight is 605 g/mol. The predicted molar refractivity (Wildman–Crippen MR) is 164 cm³/mol. The van der Waals surface area contributed by atoms with E-state index in [-0.39, 0.29) is 12.5 Å². The van der Waals surface area contributed by atoms with E-state index in [4.69, 9.17) is 16.3 Å². The quantitative estimate of drug-likeness (QED) is 0.179. The molecule has 0 fully saturated rings. The third-order valence-electron chi connectivity index (χ3n) is 7.62. The van der Waals surface area contributed by atoms with Crippen molar-refractivity contribution in [3.8, 4) is 5.75 Å². The summed E-state index contributed by atoms with van der Waals surface area (Å²) in [5, 5.41) is 0.729. The lowest BCUT2D eigenvalue weighted by Gasteiger charge is -2.24. The number of nitrogens with zero attached hydrogens (tertiary/aromatic N) is 2. The van der Waals surface area contributed by atoms with Crippen molar-refractivity contribution in [2.45, 2.75) is 52.8 Å². The molecule has 43 heavy (non-hydrogen) atoms. The van der Waals surface area contributed by atoms with Crippen LogP contribution in [0.5, 0.6) is 5.75 Å². The van der Waals surface area contributed by atoms with Crippen molar-refractivity contribution >= 4 is 28.9 Å². The van der Waals surface area contributed by atoms with Crippen LogP contribution >= 0.6 is 11.6 Å². The molecule has 4 nitrogen and oxygen atoms in total. The standard InChI is InChI=1S/C35H32ClF3N2O2/c1-22-10-15-32(40-20-22)41(21-25-11-13-27(14-12-25)35(37,38)39)34(42)31-19-26-7-4-5-8-29(26)30(31)9-6-16-43-28-17-23(2)33(36)24(3)18-28/h4-5,7-8,10-15,17-18,20H,6,9,16,19,21H2,1-3H3. The zero-order valence-electron chi connectivity index (χ0n) is 24.3. The van der Waals surface area contributed by atoms with Gasteiger partial charge in [-0.2, -0.15) is 13.2 Å². The summed E-state index contributed by atoms with van der Waals surface area (Å²) in [4.78, 5) is 20.4. The van der Waals surface area contributed by atoms with Crippen LogP contribution in [0.1, 0.15) is 51.8 Å². The van der Waals surface area contributed by atoms with Crippen molar-refractivity contribution in [3.05, 3.63) is 129 Å². The van der Waals surface area contributed by atoms with E-state index in [1.54, 1.807) is 17.2 Å². The first-order chi connectivity index (χ1) is 20.5. The summed E-state index contributed by atoms with van der Waals surface area (Å²) in [5.74, 6) is 0.979. The highest BCUT2D eigenvalue weighted by Gasteiger charge is 2.32. The van der Waals surface area contributed by atoms with Crippen molar-refractivity contribution < 1.29 is 22.7 Å².